The van der Waals surface area contributed by atoms with Gasteiger partial charge in [0.15, 0.2) is 0 Å². The molecule has 0 saturated heterocycles. The Morgan fingerprint density at radius 2 is 1.58 bits per heavy atom. The molecule has 6 nitrogen and oxygen atoms in total. The molecule has 0 aliphatic rings. The molecular formula is C17H15ClFN3O3S. The van der Waals surface area contributed by atoms with Crippen LogP contribution in [-0.2, 0) is 9.59 Å². The molecule has 0 heterocycles. The van der Waals surface area contributed by atoms with Gasteiger partial charge in [0.25, 0.3) is 5.91 Å². The summed E-state index contributed by atoms with van der Waals surface area (Å²) in [5.74, 6) is -1.72. The van der Waals surface area contributed by atoms with Gasteiger partial charge >= 0.3 is 0 Å². The van der Waals surface area contributed by atoms with Crippen molar-refractivity contribution in [3.05, 3.63) is 64.9 Å². The number of thioether (sulfide) groups is 1. The van der Waals surface area contributed by atoms with E-state index in [2.05, 4.69) is 16.2 Å². The summed E-state index contributed by atoms with van der Waals surface area (Å²) in [6.07, 6.45) is 0. The quantitative estimate of drug-likeness (QED) is 0.656. The first-order chi connectivity index (χ1) is 12.5. The van der Waals surface area contributed by atoms with E-state index in [0.29, 0.717) is 5.69 Å². The second-order valence-electron chi connectivity index (χ2n) is 5.03. The highest BCUT2D eigenvalue weighted by Gasteiger charge is 2.11. The number of carbonyl (C=O) groups excluding carboxylic acids is 3. The number of hydrazine groups is 1. The van der Waals surface area contributed by atoms with Crippen LogP contribution in [0.1, 0.15) is 10.4 Å². The van der Waals surface area contributed by atoms with E-state index in [1.165, 1.54) is 30.3 Å². The van der Waals surface area contributed by atoms with Crippen LogP contribution in [0.5, 0.6) is 0 Å². The lowest BCUT2D eigenvalue weighted by molar-refractivity contribution is -0.119. The van der Waals surface area contributed by atoms with Gasteiger partial charge in [-0.2, -0.15) is 0 Å². The van der Waals surface area contributed by atoms with Crippen molar-refractivity contribution in [2.75, 3.05) is 16.8 Å². The summed E-state index contributed by atoms with van der Waals surface area (Å²) < 4.78 is 12.8. The number of hydrogen-bond acceptors (Lipinski definition) is 4. The molecule has 2 aromatic carbocycles. The zero-order valence-corrected chi connectivity index (χ0v) is 15.0. The lowest BCUT2D eigenvalue weighted by Crippen LogP contribution is -2.42. The van der Waals surface area contributed by atoms with Gasteiger partial charge < -0.3 is 5.32 Å². The number of nitrogens with one attached hydrogen (secondary N) is 3. The Morgan fingerprint density at radius 1 is 0.923 bits per heavy atom. The highest BCUT2D eigenvalue weighted by Crippen LogP contribution is 2.14. The Bertz CT molecular complexity index is 802. The molecule has 0 aromatic heterocycles. The molecule has 2 aromatic rings. The smallest absolute Gasteiger partial charge is 0.271 e. The van der Waals surface area contributed by atoms with Crippen molar-refractivity contribution in [2.45, 2.75) is 0 Å². The van der Waals surface area contributed by atoms with Crippen LogP contribution < -0.4 is 16.2 Å². The molecule has 0 saturated carbocycles. The zero-order chi connectivity index (χ0) is 18.9. The summed E-state index contributed by atoms with van der Waals surface area (Å²) in [5.41, 5.74) is 5.20. The molecule has 0 spiro atoms. The van der Waals surface area contributed by atoms with Crippen molar-refractivity contribution in [2.24, 2.45) is 0 Å². The Kier molecular flexibility index (Phi) is 7.43. The molecule has 0 aliphatic heterocycles. The number of benzene rings is 2. The van der Waals surface area contributed by atoms with Gasteiger partial charge in [-0.25, -0.2) is 4.39 Å². The van der Waals surface area contributed by atoms with Gasteiger partial charge in [-0.05, 0) is 36.4 Å². The standard InChI is InChI=1S/C17H15ClFN3O3S/c18-14-4-2-1-3-13(14)17(25)22-21-16(24)10-26-9-15(23)20-12-7-5-11(19)6-8-12/h1-8H,9-10H2,(H,20,23)(H,21,24)(H,22,25). The first-order valence-electron chi connectivity index (χ1n) is 7.42. The Balaban J connectivity index is 1.67. The Morgan fingerprint density at radius 3 is 2.27 bits per heavy atom. The molecule has 0 bridgehead atoms. The van der Waals surface area contributed by atoms with E-state index in [1.807, 2.05) is 0 Å². The first kappa shape index (κ1) is 19.7. The molecule has 3 amide bonds. The minimum Gasteiger partial charge on any atom is -0.325 e. The van der Waals surface area contributed by atoms with Crippen LogP contribution in [0.3, 0.4) is 0 Å². The number of halogens is 2. The van der Waals surface area contributed by atoms with Gasteiger partial charge in [-0.1, -0.05) is 23.7 Å². The van der Waals surface area contributed by atoms with E-state index in [1.54, 1.807) is 18.2 Å². The second-order valence-corrected chi connectivity index (χ2v) is 6.42. The van der Waals surface area contributed by atoms with Crippen LogP contribution in [0.2, 0.25) is 5.02 Å². The number of rotatable bonds is 6. The molecule has 136 valence electrons. The highest BCUT2D eigenvalue weighted by atomic mass is 35.5. The predicted molar refractivity (Wildman–Crippen MR) is 99.4 cm³/mol. The van der Waals surface area contributed by atoms with Crippen LogP contribution in [-0.4, -0.2) is 29.2 Å². The lowest BCUT2D eigenvalue weighted by atomic mass is 10.2. The third-order valence-electron chi connectivity index (χ3n) is 3.03. The fraction of sp³-hybridized carbons (Fsp3) is 0.118. The molecule has 0 fully saturated rings. The second kappa shape index (κ2) is 9.79. The first-order valence-corrected chi connectivity index (χ1v) is 8.96. The summed E-state index contributed by atoms with van der Waals surface area (Å²) in [6, 6.07) is 11.8. The minimum atomic E-state index is -0.539. The topological polar surface area (TPSA) is 87.3 Å². The summed E-state index contributed by atoms with van der Waals surface area (Å²) >= 11 is 6.95. The zero-order valence-electron chi connectivity index (χ0n) is 13.4. The summed E-state index contributed by atoms with van der Waals surface area (Å²) in [6.45, 7) is 0. The van der Waals surface area contributed by atoms with Crippen LogP contribution in [0.15, 0.2) is 48.5 Å². The molecule has 3 N–H and O–H groups in total. The van der Waals surface area contributed by atoms with Crippen molar-refractivity contribution >= 4 is 46.8 Å². The van der Waals surface area contributed by atoms with E-state index in [9.17, 15) is 18.8 Å². The van der Waals surface area contributed by atoms with Crippen LogP contribution in [0.4, 0.5) is 10.1 Å². The van der Waals surface area contributed by atoms with Gasteiger partial charge in [0.05, 0.1) is 22.1 Å². The van der Waals surface area contributed by atoms with E-state index in [0.717, 1.165) is 11.8 Å². The van der Waals surface area contributed by atoms with Gasteiger partial charge in [-0.15, -0.1) is 11.8 Å². The summed E-state index contributed by atoms with van der Waals surface area (Å²) in [5, 5.41) is 2.85. The maximum atomic E-state index is 12.8. The van der Waals surface area contributed by atoms with Gasteiger partial charge in [-0.3, -0.25) is 25.2 Å². The van der Waals surface area contributed by atoms with Crippen molar-refractivity contribution in [1.82, 2.24) is 10.9 Å². The Hall–Kier alpha value is -2.58. The molecular weight excluding hydrogens is 381 g/mol. The van der Waals surface area contributed by atoms with Gasteiger partial charge in [0, 0.05) is 5.69 Å². The van der Waals surface area contributed by atoms with Crippen molar-refractivity contribution in [1.29, 1.82) is 0 Å². The van der Waals surface area contributed by atoms with E-state index < -0.39 is 17.6 Å². The lowest BCUT2D eigenvalue weighted by Gasteiger charge is -2.08. The molecule has 0 aliphatic carbocycles. The third kappa shape index (κ3) is 6.38. The van der Waals surface area contributed by atoms with Crippen LogP contribution in [0, 0.1) is 5.82 Å². The van der Waals surface area contributed by atoms with E-state index >= 15 is 0 Å². The predicted octanol–water partition coefficient (Wildman–Crippen LogP) is 2.61. The molecule has 2 rings (SSSR count). The van der Waals surface area contributed by atoms with Gasteiger partial charge in [0.2, 0.25) is 11.8 Å². The van der Waals surface area contributed by atoms with Crippen molar-refractivity contribution < 1.29 is 18.8 Å². The molecule has 0 atom stereocenters. The number of amides is 3. The molecule has 9 heteroatoms. The fourth-order valence-electron chi connectivity index (χ4n) is 1.84. The maximum absolute atomic E-state index is 12.8. The monoisotopic (exact) mass is 395 g/mol. The van der Waals surface area contributed by atoms with Crippen LogP contribution in [0.25, 0.3) is 0 Å². The maximum Gasteiger partial charge on any atom is 0.271 e. The van der Waals surface area contributed by atoms with Crippen molar-refractivity contribution in [3.63, 3.8) is 0 Å². The normalized spacial score (nSPS) is 10.1. The highest BCUT2D eigenvalue weighted by molar-refractivity contribution is 8.00. The van der Waals surface area contributed by atoms with Crippen molar-refractivity contribution in [3.8, 4) is 0 Å². The van der Waals surface area contributed by atoms with Gasteiger partial charge in [0.1, 0.15) is 5.82 Å². The minimum absolute atomic E-state index is 0.0281. The molecule has 0 radical (unpaired) electrons. The third-order valence-corrected chi connectivity index (χ3v) is 4.29. The molecule has 26 heavy (non-hydrogen) atoms. The largest absolute Gasteiger partial charge is 0.325 e. The SMILES string of the molecule is O=C(CSCC(=O)Nc1ccc(F)cc1)NNC(=O)c1ccccc1Cl. The van der Waals surface area contributed by atoms with E-state index in [4.69, 9.17) is 11.6 Å². The van der Waals surface area contributed by atoms with Crippen LogP contribution >= 0.6 is 23.4 Å². The fourth-order valence-corrected chi connectivity index (χ4v) is 2.68. The average Bonchev–Trinajstić information content (AvgIpc) is 2.62. The Labute approximate surface area is 158 Å². The average molecular weight is 396 g/mol. The van der Waals surface area contributed by atoms with E-state index in [-0.39, 0.29) is 28.0 Å². The number of hydrogen-bond donors (Lipinski definition) is 3. The number of carbonyl (C=O) groups is 3. The summed E-state index contributed by atoms with van der Waals surface area (Å²) in [4.78, 5) is 35.3. The summed E-state index contributed by atoms with van der Waals surface area (Å²) in [7, 11) is 0. The molecule has 0 unspecified atom stereocenters. The number of anilines is 1.